The lowest BCUT2D eigenvalue weighted by atomic mass is 10.1. The lowest BCUT2D eigenvalue weighted by Crippen LogP contribution is -1.99. The molecular formula is C23H17N3O. The Balaban J connectivity index is 1.59. The van der Waals surface area contributed by atoms with E-state index < -0.39 is 0 Å². The van der Waals surface area contributed by atoms with Gasteiger partial charge in [-0.05, 0) is 29.8 Å². The monoisotopic (exact) mass is 351 g/mol. The standard InChI is InChI=1S/C23H17N3O/c27-22(18-9-2-1-3-10-18)15-14-17-8-4-6-12-20(17)25-23-24-16-19-11-5-7-13-21(19)26-23/h1-16H,(H,24,25,26). The Morgan fingerprint density at radius 1 is 0.852 bits per heavy atom. The molecule has 4 aromatic rings. The van der Waals surface area contributed by atoms with Crippen molar-refractivity contribution in [3.8, 4) is 0 Å². The fraction of sp³-hybridized carbons (Fsp3) is 0. The normalized spacial score (nSPS) is 11.0. The van der Waals surface area contributed by atoms with Crippen LogP contribution in [0.2, 0.25) is 0 Å². The first-order valence-corrected chi connectivity index (χ1v) is 8.65. The summed E-state index contributed by atoms with van der Waals surface area (Å²) < 4.78 is 0. The molecule has 4 heteroatoms. The maximum absolute atomic E-state index is 12.3. The van der Waals surface area contributed by atoms with E-state index in [1.165, 1.54) is 0 Å². The minimum absolute atomic E-state index is 0.0349. The Hall–Kier alpha value is -3.79. The van der Waals surface area contributed by atoms with E-state index in [1.807, 2.05) is 66.7 Å². The zero-order valence-corrected chi connectivity index (χ0v) is 14.5. The summed E-state index contributed by atoms with van der Waals surface area (Å²) in [5.41, 5.74) is 3.27. The predicted octanol–water partition coefficient (Wildman–Crippen LogP) is 5.27. The second-order valence-electron chi connectivity index (χ2n) is 6.03. The summed E-state index contributed by atoms with van der Waals surface area (Å²) >= 11 is 0. The van der Waals surface area contributed by atoms with Crippen molar-refractivity contribution in [1.29, 1.82) is 0 Å². The molecule has 0 amide bonds. The SMILES string of the molecule is O=C(C=Cc1ccccc1Nc1ncc2ccccc2n1)c1ccccc1. The Bertz CT molecular complexity index is 1120. The van der Waals surface area contributed by atoms with Gasteiger partial charge in [-0.1, -0.05) is 66.7 Å². The first kappa shape index (κ1) is 16.7. The highest BCUT2D eigenvalue weighted by molar-refractivity contribution is 6.07. The summed E-state index contributed by atoms with van der Waals surface area (Å²) in [6.07, 6.45) is 5.18. The molecule has 3 aromatic carbocycles. The maximum atomic E-state index is 12.3. The summed E-state index contributed by atoms with van der Waals surface area (Å²) in [5.74, 6) is 0.483. The van der Waals surface area contributed by atoms with Gasteiger partial charge in [0.2, 0.25) is 5.95 Å². The topological polar surface area (TPSA) is 54.9 Å². The molecule has 130 valence electrons. The number of para-hydroxylation sites is 2. The molecule has 0 saturated carbocycles. The molecule has 27 heavy (non-hydrogen) atoms. The average molecular weight is 351 g/mol. The number of fused-ring (bicyclic) bond motifs is 1. The number of allylic oxidation sites excluding steroid dienone is 1. The van der Waals surface area contributed by atoms with Gasteiger partial charge in [-0.2, -0.15) is 0 Å². The van der Waals surface area contributed by atoms with Gasteiger partial charge < -0.3 is 5.32 Å². The largest absolute Gasteiger partial charge is 0.324 e. The van der Waals surface area contributed by atoms with Crippen LogP contribution in [0.4, 0.5) is 11.6 Å². The number of hydrogen-bond acceptors (Lipinski definition) is 4. The average Bonchev–Trinajstić information content (AvgIpc) is 2.73. The van der Waals surface area contributed by atoms with Crippen LogP contribution in [-0.2, 0) is 0 Å². The molecule has 0 saturated heterocycles. The highest BCUT2D eigenvalue weighted by atomic mass is 16.1. The van der Waals surface area contributed by atoms with Gasteiger partial charge >= 0.3 is 0 Å². The quantitative estimate of drug-likeness (QED) is 0.393. The number of carbonyl (C=O) groups is 1. The van der Waals surface area contributed by atoms with Crippen molar-refractivity contribution in [1.82, 2.24) is 9.97 Å². The van der Waals surface area contributed by atoms with Crippen molar-refractivity contribution in [3.05, 3.63) is 102 Å². The number of nitrogens with zero attached hydrogens (tertiary/aromatic N) is 2. The van der Waals surface area contributed by atoms with E-state index in [4.69, 9.17) is 0 Å². The molecule has 4 rings (SSSR count). The number of hydrogen-bond donors (Lipinski definition) is 1. The lowest BCUT2D eigenvalue weighted by Gasteiger charge is -2.08. The molecule has 0 atom stereocenters. The second-order valence-corrected chi connectivity index (χ2v) is 6.03. The molecule has 1 heterocycles. The van der Waals surface area contributed by atoms with Crippen LogP contribution in [0, 0.1) is 0 Å². The summed E-state index contributed by atoms with van der Waals surface area (Å²) in [5, 5.41) is 4.23. The number of rotatable bonds is 5. The zero-order valence-electron chi connectivity index (χ0n) is 14.5. The molecule has 0 fully saturated rings. The lowest BCUT2D eigenvalue weighted by molar-refractivity contribution is 0.104. The fourth-order valence-electron chi connectivity index (χ4n) is 2.77. The number of nitrogens with one attached hydrogen (secondary N) is 1. The smallest absolute Gasteiger partial charge is 0.227 e. The van der Waals surface area contributed by atoms with Gasteiger partial charge in [-0.25, -0.2) is 9.97 Å². The molecule has 1 aromatic heterocycles. The first-order chi connectivity index (χ1) is 13.3. The summed E-state index contributed by atoms with van der Waals surface area (Å²) in [4.78, 5) is 21.2. The Morgan fingerprint density at radius 2 is 1.59 bits per heavy atom. The first-order valence-electron chi connectivity index (χ1n) is 8.65. The third kappa shape index (κ3) is 3.90. The highest BCUT2D eigenvalue weighted by Crippen LogP contribution is 2.21. The molecule has 1 N–H and O–H groups in total. The number of anilines is 2. The van der Waals surface area contributed by atoms with Crippen LogP contribution in [0.15, 0.2) is 91.1 Å². The molecule has 0 bridgehead atoms. The van der Waals surface area contributed by atoms with Crippen LogP contribution in [0.5, 0.6) is 0 Å². The molecule has 0 aliphatic rings. The zero-order chi connectivity index (χ0) is 18.5. The number of aromatic nitrogens is 2. The van der Waals surface area contributed by atoms with Crippen molar-refractivity contribution in [2.24, 2.45) is 0 Å². The molecule has 0 aliphatic heterocycles. The molecule has 0 aliphatic carbocycles. The third-order valence-electron chi connectivity index (χ3n) is 4.17. The van der Waals surface area contributed by atoms with Gasteiger partial charge in [-0.15, -0.1) is 0 Å². The minimum atomic E-state index is -0.0349. The maximum Gasteiger partial charge on any atom is 0.227 e. The van der Waals surface area contributed by atoms with E-state index in [2.05, 4.69) is 15.3 Å². The van der Waals surface area contributed by atoms with Crippen molar-refractivity contribution < 1.29 is 4.79 Å². The summed E-state index contributed by atoms with van der Waals surface area (Å²) in [6, 6.07) is 24.8. The van der Waals surface area contributed by atoms with E-state index in [0.29, 0.717) is 11.5 Å². The van der Waals surface area contributed by atoms with E-state index in [0.717, 1.165) is 22.2 Å². The summed E-state index contributed by atoms with van der Waals surface area (Å²) in [7, 11) is 0. The van der Waals surface area contributed by atoms with Crippen LogP contribution in [-0.4, -0.2) is 15.8 Å². The van der Waals surface area contributed by atoms with Gasteiger partial charge in [0.05, 0.1) is 5.52 Å². The summed E-state index contributed by atoms with van der Waals surface area (Å²) in [6.45, 7) is 0. The van der Waals surface area contributed by atoms with Gasteiger partial charge in [0, 0.05) is 22.8 Å². The van der Waals surface area contributed by atoms with Crippen LogP contribution < -0.4 is 5.32 Å². The van der Waals surface area contributed by atoms with Gasteiger partial charge in [0.15, 0.2) is 5.78 Å². The molecule has 0 radical (unpaired) electrons. The second kappa shape index (κ2) is 7.62. The molecular weight excluding hydrogens is 334 g/mol. The van der Waals surface area contributed by atoms with Crippen molar-refractivity contribution in [2.75, 3.05) is 5.32 Å². The third-order valence-corrected chi connectivity index (χ3v) is 4.17. The predicted molar refractivity (Wildman–Crippen MR) is 109 cm³/mol. The van der Waals surface area contributed by atoms with Crippen molar-refractivity contribution >= 4 is 34.4 Å². The van der Waals surface area contributed by atoms with E-state index in [-0.39, 0.29) is 5.78 Å². The highest BCUT2D eigenvalue weighted by Gasteiger charge is 2.05. The van der Waals surface area contributed by atoms with E-state index in [1.54, 1.807) is 30.5 Å². The van der Waals surface area contributed by atoms with Crippen LogP contribution >= 0.6 is 0 Å². The van der Waals surface area contributed by atoms with Gasteiger partial charge in [0.1, 0.15) is 0 Å². The van der Waals surface area contributed by atoms with Crippen LogP contribution in [0.3, 0.4) is 0 Å². The Labute approximate surface area is 157 Å². The van der Waals surface area contributed by atoms with Crippen molar-refractivity contribution in [2.45, 2.75) is 0 Å². The van der Waals surface area contributed by atoms with Crippen LogP contribution in [0.1, 0.15) is 15.9 Å². The fourth-order valence-corrected chi connectivity index (χ4v) is 2.77. The molecule has 0 spiro atoms. The number of ketones is 1. The van der Waals surface area contributed by atoms with E-state index >= 15 is 0 Å². The minimum Gasteiger partial charge on any atom is -0.324 e. The molecule has 0 unspecified atom stereocenters. The number of benzene rings is 3. The van der Waals surface area contributed by atoms with Crippen molar-refractivity contribution in [3.63, 3.8) is 0 Å². The van der Waals surface area contributed by atoms with Crippen LogP contribution in [0.25, 0.3) is 17.0 Å². The Kier molecular flexibility index (Phi) is 4.70. The number of carbonyl (C=O) groups excluding carboxylic acids is 1. The van der Waals surface area contributed by atoms with Gasteiger partial charge in [0.25, 0.3) is 0 Å². The van der Waals surface area contributed by atoms with E-state index in [9.17, 15) is 4.79 Å². The van der Waals surface area contributed by atoms with Gasteiger partial charge in [-0.3, -0.25) is 4.79 Å². The Morgan fingerprint density at radius 3 is 2.48 bits per heavy atom. The molecule has 4 nitrogen and oxygen atoms in total.